The fourth-order valence-corrected chi connectivity index (χ4v) is 2.31. The van der Waals surface area contributed by atoms with E-state index in [2.05, 4.69) is 5.32 Å². The van der Waals surface area contributed by atoms with E-state index >= 15 is 0 Å². The number of ether oxygens (including phenoxy) is 1. The highest BCUT2D eigenvalue weighted by Crippen LogP contribution is 2.19. The van der Waals surface area contributed by atoms with Crippen LogP contribution in [0.3, 0.4) is 0 Å². The van der Waals surface area contributed by atoms with E-state index in [4.69, 9.17) is 4.74 Å². The second-order valence-corrected chi connectivity index (χ2v) is 6.80. The standard InChI is InChI=1S/C21H25NO3/c1-21(2,3)25-20(24)22-18(15-14-16-10-6-4-7-11-16)19(23)17-12-8-5-9-13-17/h4-15,18-19,23H,1-3H3,(H,22,24)/b15-14+/t18-,19-/m0/s1. The molecule has 0 radical (unpaired) electrons. The number of rotatable bonds is 5. The SMILES string of the molecule is CC(C)(C)OC(=O)N[C@@H](/C=C/c1ccccc1)[C@@H](O)c1ccccc1. The Bertz CT molecular complexity index is 690. The lowest BCUT2D eigenvalue weighted by atomic mass is 10.0. The van der Waals surface area contributed by atoms with Crippen molar-refractivity contribution in [3.8, 4) is 0 Å². The zero-order valence-electron chi connectivity index (χ0n) is 14.8. The molecule has 25 heavy (non-hydrogen) atoms. The van der Waals surface area contributed by atoms with Crippen molar-refractivity contribution in [1.29, 1.82) is 0 Å². The third-order valence-corrected chi connectivity index (χ3v) is 3.46. The molecule has 0 aliphatic rings. The summed E-state index contributed by atoms with van der Waals surface area (Å²) in [4.78, 5) is 12.1. The minimum atomic E-state index is -0.881. The molecule has 0 bridgehead atoms. The van der Waals surface area contributed by atoms with E-state index in [1.54, 1.807) is 26.8 Å². The maximum absolute atomic E-state index is 12.1. The summed E-state index contributed by atoms with van der Waals surface area (Å²) in [7, 11) is 0. The first-order valence-electron chi connectivity index (χ1n) is 8.31. The molecule has 0 fully saturated rings. The van der Waals surface area contributed by atoms with E-state index in [-0.39, 0.29) is 0 Å². The molecule has 0 aromatic heterocycles. The van der Waals surface area contributed by atoms with E-state index < -0.39 is 23.8 Å². The normalized spacial score (nSPS) is 14.1. The van der Waals surface area contributed by atoms with Crippen molar-refractivity contribution in [1.82, 2.24) is 5.32 Å². The molecule has 2 N–H and O–H groups in total. The molecule has 2 atom stereocenters. The van der Waals surface area contributed by atoms with Crippen LogP contribution in [0.1, 0.15) is 38.0 Å². The van der Waals surface area contributed by atoms with Crippen LogP contribution in [-0.4, -0.2) is 22.8 Å². The number of amides is 1. The molecule has 1 amide bonds. The molecule has 2 aromatic carbocycles. The Morgan fingerprint density at radius 2 is 1.60 bits per heavy atom. The maximum Gasteiger partial charge on any atom is 0.408 e. The number of nitrogens with one attached hydrogen (secondary N) is 1. The quantitative estimate of drug-likeness (QED) is 0.852. The first-order valence-corrected chi connectivity index (χ1v) is 8.31. The van der Waals surface area contributed by atoms with Gasteiger partial charge in [0.05, 0.1) is 6.04 Å². The summed E-state index contributed by atoms with van der Waals surface area (Å²) < 4.78 is 5.31. The van der Waals surface area contributed by atoms with Crippen molar-refractivity contribution in [2.24, 2.45) is 0 Å². The molecule has 4 heteroatoms. The van der Waals surface area contributed by atoms with Gasteiger partial charge in [0.15, 0.2) is 0 Å². The topological polar surface area (TPSA) is 58.6 Å². The monoisotopic (exact) mass is 339 g/mol. The number of carbonyl (C=O) groups excluding carboxylic acids is 1. The van der Waals surface area contributed by atoms with Crippen LogP contribution in [0.25, 0.3) is 6.08 Å². The van der Waals surface area contributed by atoms with Gasteiger partial charge in [0.1, 0.15) is 11.7 Å². The third kappa shape index (κ3) is 6.43. The van der Waals surface area contributed by atoms with Crippen molar-refractivity contribution in [2.75, 3.05) is 0 Å². The summed E-state index contributed by atoms with van der Waals surface area (Å²) >= 11 is 0. The van der Waals surface area contributed by atoms with Gasteiger partial charge in [0, 0.05) is 0 Å². The molecule has 0 aliphatic carbocycles. The lowest BCUT2D eigenvalue weighted by molar-refractivity contribution is 0.0454. The molecule has 0 saturated carbocycles. The molecular formula is C21H25NO3. The molecular weight excluding hydrogens is 314 g/mol. The van der Waals surface area contributed by atoms with Crippen LogP contribution in [-0.2, 0) is 4.74 Å². The first-order chi connectivity index (χ1) is 11.8. The summed E-state index contributed by atoms with van der Waals surface area (Å²) in [6, 6.07) is 18.3. The van der Waals surface area contributed by atoms with Gasteiger partial charge in [-0.1, -0.05) is 72.8 Å². The Balaban J connectivity index is 2.18. The van der Waals surface area contributed by atoms with Gasteiger partial charge in [-0.3, -0.25) is 0 Å². The van der Waals surface area contributed by atoms with Gasteiger partial charge >= 0.3 is 6.09 Å². The Labute approximate surface area is 149 Å². The highest BCUT2D eigenvalue weighted by atomic mass is 16.6. The van der Waals surface area contributed by atoms with Crippen molar-refractivity contribution in [2.45, 2.75) is 38.5 Å². The van der Waals surface area contributed by atoms with E-state index in [1.165, 1.54) is 0 Å². The predicted molar refractivity (Wildman–Crippen MR) is 100 cm³/mol. The van der Waals surface area contributed by atoms with Gasteiger partial charge in [0.2, 0.25) is 0 Å². The van der Waals surface area contributed by atoms with E-state index in [0.717, 1.165) is 11.1 Å². The van der Waals surface area contributed by atoms with E-state index in [9.17, 15) is 9.90 Å². The zero-order chi connectivity index (χ0) is 18.3. The molecule has 2 aromatic rings. The molecule has 0 unspecified atom stereocenters. The van der Waals surface area contributed by atoms with Crippen molar-refractivity contribution in [3.05, 3.63) is 77.9 Å². The fourth-order valence-electron chi connectivity index (χ4n) is 2.31. The van der Waals surface area contributed by atoms with Crippen LogP contribution in [0, 0.1) is 0 Å². The Morgan fingerprint density at radius 1 is 1.04 bits per heavy atom. The summed E-state index contributed by atoms with van der Waals surface area (Å²) in [5.41, 5.74) is 1.11. The van der Waals surface area contributed by atoms with Gasteiger partial charge in [-0.15, -0.1) is 0 Å². The van der Waals surface area contributed by atoms with E-state index in [1.807, 2.05) is 66.7 Å². The molecule has 132 valence electrons. The first kappa shape index (κ1) is 18.7. The van der Waals surface area contributed by atoms with Crippen molar-refractivity contribution in [3.63, 3.8) is 0 Å². The number of hydrogen-bond donors (Lipinski definition) is 2. The Kier molecular flexibility index (Phi) is 6.37. The number of alkyl carbamates (subject to hydrolysis) is 1. The maximum atomic E-state index is 12.1. The second kappa shape index (κ2) is 8.49. The number of hydrogen-bond acceptors (Lipinski definition) is 3. The number of benzene rings is 2. The van der Waals surface area contributed by atoms with Crippen LogP contribution in [0.2, 0.25) is 0 Å². The summed E-state index contributed by atoms with van der Waals surface area (Å²) in [5, 5.41) is 13.4. The molecule has 0 heterocycles. The average molecular weight is 339 g/mol. The Hall–Kier alpha value is -2.59. The summed E-state index contributed by atoms with van der Waals surface area (Å²) in [6.45, 7) is 5.40. The highest BCUT2D eigenvalue weighted by Gasteiger charge is 2.23. The minimum Gasteiger partial charge on any atom is -0.444 e. The molecule has 0 aliphatic heterocycles. The number of aliphatic hydroxyl groups is 1. The highest BCUT2D eigenvalue weighted by molar-refractivity contribution is 5.69. The number of carbonyl (C=O) groups is 1. The minimum absolute atomic E-state index is 0.565. The molecule has 2 rings (SSSR count). The average Bonchev–Trinajstić information content (AvgIpc) is 2.58. The van der Waals surface area contributed by atoms with Gasteiger partial charge < -0.3 is 15.2 Å². The van der Waals surface area contributed by atoms with Gasteiger partial charge in [-0.25, -0.2) is 4.79 Å². The van der Waals surface area contributed by atoms with Crippen LogP contribution >= 0.6 is 0 Å². The fraction of sp³-hybridized carbons (Fsp3) is 0.286. The van der Waals surface area contributed by atoms with Crippen LogP contribution in [0.15, 0.2) is 66.7 Å². The van der Waals surface area contributed by atoms with Crippen LogP contribution in [0.5, 0.6) is 0 Å². The summed E-state index contributed by atoms with van der Waals surface area (Å²) in [5.74, 6) is 0. The van der Waals surface area contributed by atoms with Gasteiger partial charge in [0.25, 0.3) is 0 Å². The van der Waals surface area contributed by atoms with Crippen LogP contribution < -0.4 is 5.32 Å². The lowest BCUT2D eigenvalue weighted by Gasteiger charge is -2.25. The Morgan fingerprint density at radius 3 is 2.16 bits per heavy atom. The van der Waals surface area contributed by atoms with Crippen LogP contribution in [0.4, 0.5) is 4.79 Å². The van der Waals surface area contributed by atoms with Gasteiger partial charge in [-0.05, 0) is 31.9 Å². The lowest BCUT2D eigenvalue weighted by Crippen LogP contribution is -2.41. The third-order valence-electron chi connectivity index (χ3n) is 3.46. The van der Waals surface area contributed by atoms with Crippen molar-refractivity contribution < 1.29 is 14.6 Å². The van der Waals surface area contributed by atoms with E-state index in [0.29, 0.717) is 0 Å². The molecule has 0 saturated heterocycles. The predicted octanol–water partition coefficient (Wildman–Crippen LogP) is 4.33. The van der Waals surface area contributed by atoms with Gasteiger partial charge in [-0.2, -0.15) is 0 Å². The second-order valence-electron chi connectivity index (χ2n) is 6.80. The number of aliphatic hydroxyl groups excluding tert-OH is 1. The summed E-state index contributed by atoms with van der Waals surface area (Å²) in [6.07, 6.45) is 2.20. The molecule has 0 spiro atoms. The largest absolute Gasteiger partial charge is 0.444 e. The zero-order valence-corrected chi connectivity index (χ0v) is 14.8. The van der Waals surface area contributed by atoms with Crippen molar-refractivity contribution >= 4 is 12.2 Å². The smallest absolute Gasteiger partial charge is 0.408 e. The molecule has 4 nitrogen and oxygen atoms in total.